The van der Waals surface area contributed by atoms with Gasteiger partial charge in [-0.3, -0.25) is 9.59 Å². The predicted molar refractivity (Wildman–Crippen MR) is 68.4 cm³/mol. The Kier molecular flexibility index (Phi) is 5.46. The molecule has 0 aliphatic carbocycles. The van der Waals surface area contributed by atoms with E-state index in [4.69, 9.17) is 11.2 Å². The Labute approximate surface area is 106 Å². The van der Waals surface area contributed by atoms with E-state index in [-0.39, 0.29) is 24.8 Å². The average Bonchev–Trinajstić information content (AvgIpc) is 2.42. The van der Waals surface area contributed by atoms with Crippen molar-refractivity contribution in [2.24, 2.45) is 0 Å². The highest BCUT2D eigenvalue weighted by Gasteiger charge is 2.11. The van der Waals surface area contributed by atoms with Gasteiger partial charge in [-0.05, 0) is 12.1 Å². The summed E-state index contributed by atoms with van der Waals surface area (Å²) in [7, 11) is 0. The number of nitrogens with one attached hydrogen (secondary N) is 1. The highest BCUT2D eigenvalue weighted by Crippen LogP contribution is 2.19. The van der Waals surface area contributed by atoms with E-state index in [0.29, 0.717) is 17.7 Å². The number of rotatable bonds is 6. The van der Waals surface area contributed by atoms with Gasteiger partial charge >= 0.3 is 0 Å². The van der Waals surface area contributed by atoms with Gasteiger partial charge in [-0.25, -0.2) is 0 Å². The number of carbonyl (C=O) groups excluding carboxylic acids is 2. The van der Waals surface area contributed by atoms with E-state index in [0.717, 1.165) is 0 Å². The maximum absolute atomic E-state index is 11.6. The molecular weight excluding hydrogens is 230 g/mol. The van der Waals surface area contributed by atoms with Crippen molar-refractivity contribution in [3.63, 3.8) is 0 Å². The van der Waals surface area contributed by atoms with Gasteiger partial charge in [0, 0.05) is 6.42 Å². The predicted octanol–water partition coefficient (Wildman–Crippen LogP) is 1.41. The van der Waals surface area contributed by atoms with E-state index in [1.807, 2.05) is 0 Å². The number of ketones is 1. The largest absolute Gasteiger partial charge is 0.483 e. The van der Waals surface area contributed by atoms with Crippen LogP contribution in [0.1, 0.15) is 23.7 Å². The van der Waals surface area contributed by atoms with Crippen molar-refractivity contribution >= 4 is 11.7 Å². The number of para-hydroxylation sites is 1. The van der Waals surface area contributed by atoms with Crippen molar-refractivity contribution in [2.45, 2.75) is 13.3 Å². The van der Waals surface area contributed by atoms with Crippen molar-refractivity contribution in [3.8, 4) is 18.1 Å². The third-order valence-electron chi connectivity index (χ3n) is 2.25. The summed E-state index contributed by atoms with van der Waals surface area (Å²) in [5.41, 5.74) is 0.491. The van der Waals surface area contributed by atoms with Crippen LogP contribution in [0.4, 0.5) is 0 Å². The number of carbonyl (C=O) groups is 2. The molecule has 0 fully saturated rings. The topological polar surface area (TPSA) is 55.4 Å². The van der Waals surface area contributed by atoms with Gasteiger partial charge in [0.2, 0.25) is 0 Å². The van der Waals surface area contributed by atoms with Crippen molar-refractivity contribution in [1.29, 1.82) is 0 Å². The van der Waals surface area contributed by atoms with Gasteiger partial charge in [-0.1, -0.05) is 25.0 Å². The van der Waals surface area contributed by atoms with E-state index < -0.39 is 0 Å². The van der Waals surface area contributed by atoms with E-state index in [9.17, 15) is 9.59 Å². The summed E-state index contributed by atoms with van der Waals surface area (Å²) >= 11 is 0. The van der Waals surface area contributed by atoms with Crippen LogP contribution in [-0.2, 0) is 4.79 Å². The summed E-state index contributed by atoms with van der Waals surface area (Å²) in [4.78, 5) is 23.0. The van der Waals surface area contributed by atoms with E-state index >= 15 is 0 Å². The molecule has 4 nitrogen and oxygen atoms in total. The second-order valence-corrected chi connectivity index (χ2v) is 3.54. The average molecular weight is 245 g/mol. The van der Waals surface area contributed by atoms with Crippen LogP contribution in [0.15, 0.2) is 24.3 Å². The van der Waals surface area contributed by atoms with Crippen molar-refractivity contribution in [2.75, 3.05) is 13.2 Å². The van der Waals surface area contributed by atoms with Gasteiger partial charge in [0.25, 0.3) is 5.91 Å². The number of Topliss-reactive ketones (excluding diaryl/α,β-unsaturated/α-hetero) is 1. The molecule has 0 aromatic heterocycles. The molecule has 0 spiro atoms. The van der Waals surface area contributed by atoms with Crippen LogP contribution < -0.4 is 10.1 Å². The van der Waals surface area contributed by atoms with Crippen LogP contribution in [-0.4, -0.2) is 24.8 Å². The standard InChI is InChI=1S/C14H15NO3/c1-3-9-15-14(17)10-18-13-8-6-5-7-11(13)12(16)4-2/h1,5-8H,4,9-10H2,2H3,(H,15,17). The number of ether oxygens (including phenoxy) is 1. The minimum Gasteiger partial charge on any atom is -0.483 e. The summed E-state index contributed by atoms with van der Waals surface area (Å²) in [6, 6.07) is 6.85. The fourth-order valence-corrected chi connectivity index (χ4v) is 1.36. The molecule has 1 rings (SSSR count). The molecule has 0 bridgehead atoms. The smallest absolute Gasteiger partial charge is 0.258 e. The van der Waals surface area contributed by atoms with Crippen LogP contribution in [0.5, 0.6) is 5.75 Å². The van der Waals surface area contributed by atoms with E-state index in [1.165, 1.54) is 0 Å². The Morgan fingerprint density at radius 1 is 1.39 bits per heavy atom. The van der Waals surface area contributed by atoms with Crippen LogP contribution in [0, 0.1) is 12.3 Å². The summed E-state index contributed by atoms with van der Waals surface area (Å²) < 4.78 is 5.32. The molecule has 4 heteroatoms. The van der Waals surface area contributed by atoms with Crippen LogP contribution in [0.25, 0.3) is 0 Å². The zero-order chi connectivity index (χ0) is 13.4. The lowest BCUT2D eigenvalue weighted by Gasteiger charge is -2.09. The molecule has 1 aromatic rings. The second-order valence-electron chi connectivity index (χ2n) is 3.54. The Morgan fingerprint density at radius 3 is 2.78 bits per heavy atom. The lowest BCUT2D eigenvalue weighted by molar-refractivity contribution is -0.122. The maximum atomic E-state index is 11.6. The Bertz CT molecular complexity index is 474. The molecule has 0 heterocycles. The lowest BCUT2D eigenvalue weighted by atomic mass is 10.1. The van der Waals surface area contributed by atoms with Gasteiger partial charge in [-0.2, -0.15) is 0 Å². The first-order valence-corrected chi connectivity index (χ1v) is 5.64. The highest BCUT2D eigenvalue weighted by molar-refractivity contribution is 5.98. The van der Waals surface area contributed by atoms with Gasteiger partial charge in [-0.15, -0.1) is 6.42 Å². The second kappa shape index (κ2) is 7.13. The summed E-state index contributed by atoms with van der Waals surface area (Å²) in [5, 5.41) is 2.48. The van der Waals surface area contributed by atoms with E-state index in [1.54, 1.807) is 31.2 Å². The van der Waals surface area contributed by atoms with Crippen LogP contribution >= 0.6 is 0 Å². The molecule has 0 aliphatic rings. The lowest BCUT2D eigenvalue weighted by Crippen LogP contribution is -2.29. The first-order chi connectivity index (χ1) is 8.69. The van der Waals surface area contributed by atoms with E-state index in [2.05, 4.69) is 11.2 Å². The normalized spacial score (nSPS) is 9.33. The molecule has 0 radical (unpaired) electrons. The zero-order valence-electron chi connectivity index (χ0n) is 10.2. The molecule has 1 amide bonds. The molecule has 0 aliphatic heterocycles. The molecule has 0 atom stereocenters. The molecular formula is C14H15NO3. The van der Waals surface area contributed by atoms with Crippen molar-refractivity contribution in [3.05, 3.63) is 29.8 Å². The number of hydrogen-bond donors (Lipinski definition) is 1. The SMILES string of the molecule is C#CCNC(=O)COc1ccccc1C(=O)CC. The zero-order valence-corrected chi connectivity index (χ0v) is 10.2. The molecule has 0 saturated heterocycles. The fraction of sp³-hybridized carbons (Fsp3) is 0.286. The Morgan fingerprint density at radius 2 is 2.11 bits per heavy atom. The number of hydrogen-bond acceptors (Lipinski definition) is 3. The highest BCUT2D eigenvalue weighted by atomic mass is 16.5. The van der Waals surface area contributed by atoms with Gasteiger partial charge in [0.15, 0.2) is 12.4 Å². The number of benzene rings is 1. The summed E-state index contributed by atoms with van der Waals surface area (Å²) in [6.07, 6.45) is 5.41. The van der Waals surface area contributed by atoms with Gasteiger partial charge in [0.05, 0.1) is 12.1 Å². The van der Waals surface area contributed by atoms with Crippen LogP contribution in [0.2, 0.25) is 0 Å². The van der Waals surface area contributed by atoms with Gasteiger partial charge in [0.1, 0.15) is 5.75 Å². The van der Waals surface area contributed by atoms with Crippen molar-refractivity contribution in [1.82, 2.24) is 5.32 Å². The third kappa shape index (κ3) is 3.95. The first kappa shape index (κ1) is 13.8. The molecule has 0 saturated carbocycles. The Hall–Kier alpha value is -2.28. The quantitative estimate of drug-likeness (QED) is 0.609. The maximum Gasteiger partial charge on any atom is 0.258 e. The number of terminal acetylenes is 1. The minimum absolute atomic E-state index is 0.0189. The molecule has 1 aromatic carbocycles. The molecule has 0 unspecified atom stereocenters. The molecule has 18 heavy (non-hydrogen) atoms. The van der Waals surface area contributed by atoms with Crippen LogP contribution in [0.3, 0.4) is 0 Å². The Balaban J connectivity index is 2.65. The number of amides is 1. The first-order valence-electron chi connectivity index (χ1n) is 5.64. The van der Waals surface area contributed by atoms with Crippen molar-refractivity contribution < 1.29 is 14.3 Å². The monoisotopic (exact) mass is 245 g/mol. The third-order valence-corrected chi connectivity index (χ3v) is 2.25. The molecule has 94 valence electrons. The summed E-state index contributed by atoms with van der Waals surface area (Å²) in [6.45, 7) is 1.78. The fourth-order valence-electron chi connectivity index (χ4n) is 1.36. The summed E-state index contributed by atoms with van der Waals surface area (Å²) in [5.74, 6) is 2.38. The minimum atomic E-state index is -0.313. The van der Waals surface area contributed by atoms with Gasteiger partial charge < -0.3 is 10.1 Å². The molecule has 1 N–H and O–H groups in total.